The molecule has 45 heavy (non-hydrogen) atoms. The largest absolute Gasteiger partial charge is 0.464 e. The summed E-state index contributed by atoms with van der Waals surface area (Å²) in [6, 6.07) is 15.4. The van der Waals surface area contributed by atoms with E-state index in [9.17, 15) is 29.3 Å². The molecule has 0 heterocycles. The van der Waals surface area contributed by atoms with E-state index in [0.29, 0.717) is 17.8 Å². The minimum absolute atomic E-state index is 0.0220. The molecule has 0 aromatic heterocycles. The Morgan fingerprint density at radius 2 is 1.42 bits per heavy atom. The number of nitro groups is 1. The molecule has 3 aromatic carbocycles. The third kappa shape index (κ3) is 10.4. The first-order valence-corrected chi connectivity index (χ1v) is 14.1. The van der Waals surface area contributed by atoms with Gasteiger partial charge in [-0.25, -0.2) is 0 Å². The number of carbonyl (C=O) groups is 4. The van der Waals surface area contributed by atoms with Gasteiger partial charge in [0, 0.05) is 37.4 Å². The van der Waals surface area contributed by atoms with Crippen LogP contribution in [0.4, 0.5) is 34.1 Å². The van der Waals surface area contributed by atoms with Gasteiger partial charge >= 0.3 is 23.8 Å². The molecular formula is C30H31ClN6O8. The highest BCUT2D eigenvalue weighted by Crippen LogP contribution is 2.34. The van der Waals surface area contributed by atoms with E-state index < -0.39 is 28.7 Å². The molecule has 0 bridgehead atoms. The van der Waals surface area contributed by atoms with Crippen LogP contribution < -0.4 is 15.5 Å². The molecule has 2 amide bonds. The van der Waals surface area contributed by atoms with E-state index in [1.54, 1.807) is 23.1 Å². The normalized spacial score (nSPS) is 10.7. The first-order valence-electron chi connectivity index (χ1n) is 13.7. The summed E-state index contributed by atoms with van der Waals surface area (Å²) in [4.78, 5) is 60.8. The third-order valence-electron chi connectivity index (χ3n) is 6.19. The topological polar surface area (TPSA) is 182 Å². The van der Waals surface area contributed by atoms with Crippen LogP contribution in [-0.2, 0) is 35.1 Å². The Bertz CT molecular complexity index is 1590. The van der Waals surface area contributed by atoms with Gasteiger partial charge in [-0.1, -0.05) is 36.7 Å². The SMILES string of the molecule is CCc1ccccc1NC(=O)C(=O)Nc1cc(N(CCOC(C)=O)CCOC(C)=O)ccc1N=Nc1ccc([N+](=O)[O-])cc1Cl. The van der Waals surface area contributed by atoms with Crippen LogP contribution in [0.2, 0.25) is 5.02 Å². The molecule has 14 nitrogen and oxygen atoms in total. The second-order valence-electron chi connectivity index (χ2n) is 9.38. The number of esters is 2. The van der Waals surface area contributed by atoms with Crippen molar-refractivity contribution in [2.45, 2.75) is 27.2 Å². The zero-order chi connectivity index (χ0) is 32.9. The molecular weight excluding hydrogens is 608 g/mol. The lowest BCUT2D eigenvalue weighted by Crippen LogP contribution is -2.32. The monoisotopic (exact) mass is 638 g/mol. The highest BCUT2D eigenvalue weighted by Gasteiger charge is 2.19. The fourth-order valence-electron chi connectivity index (χ4n) is 3.98. The molecule has 0 unspecified atom stereocenters. The summed E-state index contributed by atoms with van der Waals surface area (Å²) in [5.74, 6) is -2.86. The summed E-state index contributed by atoms with van der Waals surface area (Å²) < 4.78 is 10.1. The van der Waals surface area contributed by atoms with Gasteiger partial charge < -0.3 is 25.0 Å². The van der Waals surface area contributed by atoms with E-state index >= 15 is 0 Å². The van der Waals surface area contributed by atoms with Crippen LogP contribution in [0, 0.1) is 10.1 Å². The Morgan fingerprint density at radius 1 is 0.844 bits per heavy atom. The van der Waals surface area contributed by atoms with E-state index in [1.165, 1.54) is 38.1 Å². The number of hydrogen-bond donors (Lipinski definition) is 2. The second kappa shape index (κ2) is 16.5. The number of benzene rings is 3. The molecule has 15 heteroatoms. The van der Waals surface area contributed by atoms with Gasteiger partial charge in [0.05, 0.1) is 28.7 Å². The molecule has 0 saturated carbocycles. The number of azo groups is 1. The Hall–Kier alpha value is -5.37. The standard InChI is InChI=1S/C30H31ClN6O8/c1-4-21-7-5-6-8-25(21)32-29(40)30(41)33-28-18-22(36(13-15-44-19(2)38)14-16-45-20(3)39)9-12-27(28)35-34-26-11-10-23(37(42)43)17-24(26)31/h5-12,17-18H,4,13-16H2,1-3H3,(H,32,40)(H,33,41). The van der Waals surface area contributed by atoms with Gasteiger partial charge in [0.2, 0.25) is 0 Å². The average Bonchev–Trinajstić information content (AvgIpc) is 3.00. The molecule has 2 N–H and O–H groups in total. The number of nitro benzene ring substituents is 1. The van der Waals surface area contributed by atoms with Crippen LogP contribution in [-0.4, -0.2) is 55.0 Å². The molecule has 0 radical (unpaired) electrons. The lowest BCUT2D eigenvalue weighted by Gasteiger charge is -2.25. The predicted molar refractivity (Wildman–Crippen MR) is 167 cm³/mol. The fourth-order valence-corrected chi connectivity index (χ4v) is 4.20. The maximum atomic E-state index is 13.1. The first-order chi connectivity index (χ1) is 21.5. The van der Waals surface area contributed by atoms with Gasteiger partial charge in [-0.2, -0.15) is 0 Å². The number of non-ortho nitro benzene ring substituents is 1. The first kappa shape index (κ1) is 34.1. The smallest absolute Gasteiger partial charge is 0.314 e. The zero-order valence-corrected chi connectivity index (χ0v) is 25.5. The van der Waals surface area contributed by atoms with Gasteiger partial charge in [0.1, 0.15) is 24.6 Å². The lowest BCUT2D eigenvalue weighted by atomic mass is 10.1. The number of carbonyl (C=O) groups excluding carboxylic acids is 4. The van der Waals surface area contributed by atoms with Crippen molar-refractivity contribution in [2.24, 2.45) is 10.2 Å². The van der Waals surface area contributed by atoms with Crippen LogP contribution in [0.25, 0.3) is 0 Å². The van der Waals surface area contributed by atoms with Crippen molar-refractivity contribution >= 4 is 69.5 Å². The van der Waals surface area contributed by atoms with Gasteiger partial charge in [-0.05, 0) is 42.3 Å². The number of nitrogens with zero attached hydrogens (tertiary/aromatic N) is 4. The molecule has 0 saturated heterocycles. The van der Waals surface area contributed by atoms with Crippen molar-refractivity contribution in [3.63, 3.8) is 0 Å². The Labute approximate surface area is 263 Å². The van der Waals surface area contributed by atoms with Crippen molar-refractivity contribution in [1.29, 1.82) is 0 Å². The van der Waals surface area contributed by atoms with Crippen LogP contribution in [0.1, 0.15) is 26.3 Å². The van der Waals surface area contributed by atoms with Crippen LogP contribution in [0.15, 0.2) is 70.9 Å². The van der Waals surface area contributed by atoms with E-state index in [4.69, 9.17) is 21.1 Å². The summed E-state index contributed by atoms with van der Waals surface area (Å²) in [6.45, 7) is 4.94. The van der Waals surface area contributed by atoms with Crippen molar-refractivity contribution in [2.75, 3.05) is 41.8 Å². The van der Waals surface area contributed by atoms with Gasteiger partial charge in [0.15, 0.2) is 0 Å². The molecule has 0 aliphatic carbocycles. The van der Waals surface area contributed by atoms with Crippen molar-refractivity contribution < 1.29 is 33.6 Å². The molecule has 0 spiro atoms. The number of hydrogen-bond acceptors (Lipinski definition) is 11. The zero-order valence-electron chi connectivity index (χ0n) is 24.7. The minimum Gasteiger partial charge on any atom is -0.464 e. The van der Waals surface area contributed by atoms with Crippen LogP contribution in [0.5, 0.6) is 0 Å². The number of anilines is 3. The number of amides is 2. The molecule has 0 aliphatic heterocycles. The predicted octanol–water partition coefficient (Wildman–Crippen LogP) is 5.74. The third-order valence-corrected chi connectivity index (χ3v) is 6.49. The van der Waals surface area contributed by atoms with Crippen molar-refractivity contribution in [1.82, 2.24) is 0 Å². The summed E-state index contributed by atoms with van der Waals surface area (Å²) in [6.07, 6.45) is 0.631. The number of ether oxygens (including phenoxy) is 2. The summed E-state index contributed by atoms with van der Waals surface area (Å²) in [5, 5.41) is 24.5. The van der Waals surface area contributed by atoms with E-state index in [-0.39, 0.29) is 54.1 Å². The van der Waals surface area contributed by atoms with Crippen molar-refractivity contribution in [3.05, 3.63) is 81.4 Å². The summed E-state index contributed by atoms with van der Waals surface area (Å²) >= 11 is 6.16. The molecule has 0 fully saturated rings. The number of halogens is 1. The highest BCUT2D eigenvalue weighted by atomic mass is 35.5. The second-order valence-corrected chi connectivity index (χ2v) is 9.79. The Kier molecular flexibility index (Phi) is 12.5. The van der Waals surface area contributed by atoms with Crippen LogP contribution >= 0.6 is 11.6 Å². The highest BCUT2D eigenvalue weighted by molar-refractivity contribution is 6.44. The van der Waals surface area contributed by atoms with Crippen molar-refractivity contribution in [3.8, 4) is 0 Å². The molecule has 236 valence electrons. The van der Waals surface area contributed by atoms with Gasteiger partial charge in [-0.15, -0.1) is 10.2 Å². The molecule has 3 aromatic rings. The summed E-state index contributed by atoms with van der Waals surface area (Å²) in [5.41, 5.74) is 1.95. The number of nitrogens with one attached hydrogen (secondary N) is 2. The molecule has 3 rings (SSSR count). The van der Waals surface area contributed by atoms with Gasteiger partial charge in [-0.3, -0.25) is 29.3 Å². The minimum atomic E-state index is -0.991. The number of aryl methyl sites for hydroxylation is 1. The Morgan fingerprint density at radius 3 is 2.00 bits per heavy atom. The maximum absolute atomic E-state index is 13.1. The van der Waals surface area contributed by atoms with Gasteiger partial charge in [0.25, 0.3) is 5.69 Å². The Balaban J connectivity index is 1.96. The van der Waals surface area contributed by atoms with E-state index in [0.717, 1.165) is 11.6 Å². The number of rotatable bonds is 13. The average molecular weight is 639 g/mol. The molecule has 0 atom stereocenters. The van der Waals surface area contributed by atoms with E-state index in [2.05, 4.69) is 20.9 Å². The quantitative estimate of drug-likeness (QED) is 0.0775. The lowest BCUT2D eigenvalue weighted by molar-refractivity contribution is -0.384. The maximum Gasteiger partial charge on any atom is 0.314 e. The van der Waals surface area contributed by atoms with E-state index in [1.807, 2.05) is 19.1 Å². The molecule has 0 aliphatic rings. The number of para-hydroxylation sites is 1. The van der Waals surface area contributed by atoms with Crippen LogP contribution in [0.3, 0.4) is 0 Å². The fraction of sp³-hybridized carbons (Fsp3) is 0.267. The summed E-state index contributed by atoms with van der Waals surface area (Å²) in [7, 11) is 0.